The molecule has 0 saturated carbocycles. The Morgan fingerprint density at radius 1 is 1.19 bits per heavy atom. The molecule has 0 unspecified atom stereocenters. The number of rotatable bonds is 10. The van der Waals surface area contributed by atoms with Crippen LogP contribution in [-0.2, 0) is 19.1 Å². The number of halogens is 1. The van der Waals surface area contributed by atoms with Crippen LogP contribution in [0.3, 0.4) is 0 Å². The molecule has 2 atom stereocenters. The van der Waals surface area contributed by atoms with Crippen LogP contribution in [0.25, 0.3) is 0 Å². The van der Waals surface area contributed by atoms with Gasteiger partial charge >= 0.3 is 5.97 Å². The average molecular weight is 549 g/mol. The fourth-order valence-electron chi connectivity index (χ4n) is 4.33. The first-order chi connectivity index (χ1) is 17.5. The highest BCUT2D eigenvalue weighted by atomic mass is 35.5. The molecule has 0 aliphatic carbocycles. The summed E-state index contributed by atoms with van der Waals surface area (Å²) in [7, 11) is 3.11. The molecule has 0 radical (unpaired) electrons. The molecule has 0 aromatic heterocycles. The molecule has 0 fully saturated rings. The Balaban J connectivity index is 2.18. The van der Waals surface area contributed by atoms with E-state index in [1.807, 2.05) is 26.0 Å². The number of amides is 1. The number of methoxy groups -OCH3 is 2. The van der Waals surface area contributed by atoms with E-state index < -0.39 is 17.6 Å². The predicted octanol–water partition coefficient (Wildman–Crippen LogP) is 4.83. The Bertz CT molecular complexity index is 1170. The molecule has 8 nitrogen and oxygen atoms in total. The second kappa shape index (κ2) is 12.1. The molecule has 200 valence electrons. The molecule has 0 spiro atoms. The lowest BCUT2D eigenvalue weighted by atomic mass is 9.92. The van der Waals surface area contributed by atoms with Gasteiger partial charge in [0, 0.05) is 47.1 Å². The second-order valence-corrected chi connectivity index (χ2v) is 10.6. The summed E-state index contributed by atoms with van der Waals surface area (Å²) >= 11 is 11.5. The smallest absolute Gasteiger partial charge is 0.302 e. The molecule has 3 rings (SSSR count). The summed E-state index contributed by atoms with van der Waals surface area (Å²) in [5.74, 6) is 0.386. The maximum absolute atomic E-state index is 14.0. The van der Waals surface area contributed by atoms with Crippen LogP contribution in [0.2, 0.25) is 5.02 Å². The standard InChI is InChI=1S/C27H33ClN2O6S/c1-16(31)35-15-27(2,3)14-30-20-10-9-17(28)13-19(20)24(36-22(26(30)32)11-12-23(29)37)18-7-6-8-21(33-4)25(18)34-5/h6-10,13,22,24H,11-12,14-15H2,1-5H3,(H2,29,37)/t22-,24-/m1/s1. The third-order valence-corrected chi connectivity index (χ3v) is 6.46. The molecule has 10 heteroatoms. The number of ether oxygens (including phenoxy) is 4. The summed E-state index contributed by atoms with van der Waals surface area (Å²) in [5.41, 5.74) is 7.23. The van der Waals surface area contributed by atoms with Crippen LogP contribution >= 0.6 is 23.8 Å². The van der Waals surface area contributed by atoms with Gasteiger partial charge in [-0.2, -0.15) is 0 Å². The van der Waals surface area contributed by atoms with E-state index >= 15 is 0 Å². The van der Waals surface area contributed by atoms with Crippen molar-refractivity contribution in [1.82, 2.24) is 0 Å². The minimum Gasteiger partial charge on any atom is -0.493 e. The highest BCUT2D eigenvalue weighted by Gasteiger charge is 2.40. The van der Waals surface area contributed by atoms with Gasteiger partial charge in [0.15, 0.2) is 11.5 Å². The van der Waals surface area contributed by atoms with Crippen LogP contribution in [0.1, 0.15) is 50.8 Å². The monoisotopic (exact) mass is 548 g/mol. The van der Waals surface area contributed by atoms with Crippen molar-refractivity contribution in [1.29, 1.82) is 0 Å². The minimum atomic E-state index is -0.863. The fourth-order valence-corrected chi connectivity index (χ4v) is 4.63. The third kappa shape index (κ3) is 6.91. The first-order valence-corrected chi connectivity index (χ1v) is 12.6. The molecule has 37 heavy (non-hydrogen) atoms. The third-order valence-electron chi connectivity index (χ3n) is 6.03. The Kier molecular flexibility index (Phi) is 9.39. The van der Waals surface area contributed by atoms with E-state index in [1.54, 1.807) is 43.4 Å². The normalized spacial score (nSPS) is 17.6. The molecule has 1 aliphatic heterocycles. The van der Waals surface area contributed by atoms with Gasteiger partial charge in [0.25, 0.3) is 5.91 Å². The number of hydrogen-bond acceptors (Lipinski definition) is 7. The lowest BCUT2D eigenvalue weighted by Gasteiger charge is -2.33. The lowest BCUT2D eigenvalue weighted by Crippen LogP contribution is -2.45. The number of fused-ring (bicyclic) bond motifs is 1. The lowest BCUT2D eigenvalue weighted by molar-refractivity contribution is -0.143. The molecule has 1 heterocycles. The van der Waals surface area contributed by atoms with E-state index in [4.69, 9.17) is 48.5 Å². The van der Waals surface area contributed by atoms with Gasteiger partial charge < -0.3 is 29.6 Å². The molecular formula is C27H33ClN2O6S. The van der Waals surface area contributed by atoms with Crippen molar-refractivity contribution in [2.45, 2.75) is 45.8 Å². The van der Waals surface area contributed by atoms with Crippen molar-refractivity contribution in [2.24, 2.45) is 11.1 Å². The molecule has 2 N–H and O–H groups in total. The van der Waals surface area contributed by atoms with E-state index in [2.05, 4.69) is 0 Å². The summed E-state index contributed by atoms with van der Waals surface area (Å²) in [6, 6.07) is 10.8. The van der Waals surface area contributed by atoms with Crippen LogP contribution in [-0.4, -0.2) is 50.3 Å². The minimum absolute atomic E-state index is 0.139. The zero-order valence-corrected chi connectivity index (χ0v) is 23.3. The predicted molar refractivity (Wildman–Crippen MR) is 147 cm³/mol. The number of nitrogens with zero attached hydrogens (tertiary/aromatic N) is 1. The van der Waals surface area contributed by atoms with Gasteiger partial charge in [-0.25, -0.2) is 0 Å². The number of carbonyl (C=O) groups excluding carboxylic acids is 2. The van der Waals surface area contributed by atoms with E-state index in [-0.39, 0.29) is 25.0 Å². The van der Waals surface area contributed by atoms with Gasteiger partial charge in [-0.15, -0.1) is 0 Å². The average Bonchev–Trinajstić information content (AvgIpc) is 2.95. The number of carbonyl (C=O) groups is 2. The zero-order chi connectivity index (χ0) is 27.3. The molecule has 2 aromatic rings. The van der Waals surface area contributed by atoms with Crippen molar-refractivity contribution >= 4 is 46.4 Å². The van der Waals surface area contributed by atoms with Crippen LogP contribution in [0, 0.1) is 5.41 Å². The van der Waals surface area contributed by atoms with E-state index in [1.165, 1.54) is 6.92 Å². The van der Waals surface area contributed by atoms with Crippen LogP contribution in [0.5, 0.6) is 11.5 Å². The number of thiocarbonyl (C=S) groups is 1. The summed E-state index contributed by atoms with van der Waals surface area (Å²) in [6.45, 7) is 5.62. The van der Waals surface area contributed by atoms with Crippen LogP contribution in [0.15, 0.2) is 36.4 Å². The summed E-state index contributed by atoms with van der Waals surface area (Å²) in [6.07, 6.45) is -0.951. The number of hydrogen-bond donors (Lipinski definition) is 1. The van der Waals surface area contributed by atoms with E-state index in [0.717, 1.165) is 0 Å². The fraction of sp³-hybridized carbons (Fsp3) is 0.444. The van der Waals surface area contributed by atoms with Crippen molar-refractivity contribution < 1.29 is 28.5 Å². The van der Waals surface area contributed by atoms with Crippen molar-refractivity contribution in [2.75, 3.05) is 32.3 Å². The summed E-state index contributed by atoms with van der Waals surface area (Å²) < 4.78 is 23.0. The van der Waals surface area contributed by atoms with Gasteiger partial charge in [0.2, 0.25) is 0 Å². The van der Waals surface area contributed by atoms with Crippen LogP contribution in [0.4, 0.5) is 5.69 Å². The zero-order valence-electron chi connectivity index (χ0n) is 21.7. The van der Waals surface area contributed by atoms with Gasteiger partial charge in [0.05, 0.1) is 25.8 Å². The number of benzene rings is 2. The molecular weight excluding hydrogens is 516 g/mol. The quantitative estimate of drug-likeness (QED) is 0.333. The van der Waals surface area contributed by atoms with E-state index in [9.17, 15) is 9.59 Å². The Labute approximate surface area is 227 Å². The first-order valence-electron chi connectivity index (χ1n) is 11.9. The summed E-state index contributed by atoms with van der Waals surface area (Å²) in [5, 5.41) is 0.488. The van der Waals surface area contributed by atoms with Crippen molar-refractivity contribution in [3.05, 3.63) is 52.5 Å². The Hall–Kier alpha value is -2.88. The Morgan fingerprint density at radius 3 is 2.54 bits per heavy atom. The molecule has 1 aliphatic rings. The van der Waals surface area contributed by atoms with Crippen molar-refractivity contribution in [3.8, 4) is 11.5 Å². The van der Waals surface area contributed by atoms with Gasteiger partial charge in [-0.3, -0.25) is 9.59 Å². The molecule has 2 aromatic carbocycles. The van der Waals surface area contributed by atoms with Gasteiger partial charge in [-0.1, -0.05) is 49.8 Å². The summed E-state index contributed by atoms with van der Waals surface area (Å²) in [4.78, 5) is 27.4. The maximum atomic E-state index is 14.0. The first kappa shape index (κ1) is 28.7. The maximum Gasteiger partial charge on any atom is 0.302 e. The molecule has 0 saturated heterocycles. The Morgan fingerprint density at radius 2 is 1.92 bits per heavy atom. The van der Waals surface area contributed by atoms with Gasteiger partial charge in [0.1, 0.15) is 12.2 Å². The largest absolute Gasteiger partial charge is 0.493 e. The van der Waals surface area contributed by atoms with Crippen LogP contribution < -0.4 is 20.1 Å². The highest BCUT2D eigenvalue weighted by Crippen LogP contribution is 2.45. The number of esters is 1. The van der Waals surface area contributed by atoms with Crippen molar-refractivity contribution in [3.63, 3.8) is 0 Å². The number of para-hydroxylation sites is 1. The molecule has 0 bridgehead atoms. The number of nitrogens with two attached hydrogens (primary N) is 1. The molecule has 1 amide bonds. The second-order valence-electron chi connectivity index (χ2n) is 9.66. The highest BCUT2D eigenvalue weighted by molar-refractivity contribution is 7.80. The SMILES string of the molecule is COc1cccc([C@H]2O[C@H](CCC(N)=S)C(=O)N(CC(C)(C)COC(C)=O)c3ccc(Cl)cc32)c1OC. The van der Waals surface area contributed by atoms with Gasteiger partial charge in [-0.05, 0) is 30.7 Å². The topological polar surface area (TPSA) is 100 Å². The van der Waals surface area contributed by atoms with E-state index in [0.29, 0.717) is 51.2 Å². The number of anilines is 1.